The van der Waals surface area contributed by atoms with Gasteiger partial charge in [-0.15, -0.1) is 0 Å². The van der Waals surface area contributed by atoms with Gasteiger partial charge >= 0.3 is 17.9 Å². The van der Waals surface area contributed by atoms with Crippen molar-refractivity contribution < 1.29 is 29.7 Å². The molecule has 0 saturated carbocycles. The lowest BCUT2D eigenvalue weighted by Crippen LogP contribution is -2.28. The number of hydrogen-bond acceptors (Lipinski definition) is 4. The van der Waals surface area contributed by atoms with Gasteiger partial charge in [-0.2, -0.15) is 0 Å². The van der Waals surface area contributed by atoms with Gasteiger partial charge in [0.15, 0.2) is 0 Å². The van der Waals surface area contributed by atoms with Gasteiger partial charge in [-0.3, -0.25) is 9.69 Å². The largest absolute Gasteiger partial charge is 0.481 e. The van der Waals surface area contributed by atoms with Crippen LogP contribution in [0.4, 0.5) is 0 Å². The van der Waals surface area contributed by atoms with Crippen molar-refractivity contribution in [2.45, 2.75) is 19.9 Å². The van der Waals surface area contributed by atoms with Gasteiger partial charge < -0.3 is 15.3 Å². The molecule has 7 heteroatoms. The van der Waals surface area contributed by atoms with Gasteiger partial charge in [0.1, 0.15) is 0 Å². The third-order valence-corrected chi connectivity index (χ3v) is 3.82. The van der Waals surface area contributed by atoms with Crippen LogP contribution >= 0.6 is 0 Å². The number of aliphatic carboxylic acids is 1. The van der Waals surface area contributed by atoms with Crippen molar-refractivity contribution in [3.63, 3.8) is 0 Å². The number of nitrogens with zero attached hydrogens (tertiary/aromatic N) is 1. The molecule has 1 aromatic carbocycles. The Labute approximate surface area is 157 Å². The Bertz CT molecular complexity index is 779. The number of aromatic carboxylic acids is 2. The molecule has 0 aliphatic heterocycles. The number of carboxylic acids is 3. The molecule has 1 rings (SSSR count). The van der Waals surface area contributed by atoms with Gasteiger partial charge in [-0.05, 0) is 30.2 Å². The highest BCUT2D eigenvalue weighted by Crippen LogP contribution is 2.16. The molecule has 0 amide bonds. The van der Waals surface area contributed by atoms with Crippen LogP contribution < -0.4 is 0 Å². The Kier molecular flexibility index (Phi) is 8.68. The summed E-state index contributed by atoms with van der Waals surface area (Å²) in [7, 11) is 0. The van der Waals surface area contributed by atoms with Crippen LogP contribution in [0.25, 0.3) is 0 Å². The molecule has 0 atom stereocenters. The van der Waals surface area contributed by atoms with Gasteiger partial charge in [0.2, 0.25) is 0 Å². The highest BCUT2D eigenvalue weighted by atomic mass is 16.4. The van der Waals surface area contributed by atoms with Gasteiger partial charge in [-0.1, -0.05) is 36.9 Å². The van der Waals surface area contributed by atoms with Crippen molar-refractivity contribution in [1.82, 2.24) is 4.90 Å². The lowest BCUT2D eigenvalue weighted by atomic mass is 10.0. The van der Waals surface area contributed by atoms with Crippen molar-refractivity contribution >= 4 is 17.9 Å². The van der Waals surface area contributed by atoms with Crippen LogP contribution in [-0.4, -0.2) is 51.2 Å². The van der Waals surface area contributed by atoms with E-state index in [0.29, 0.717) is 12.1 Å². The maximum atomic E-state index is 11.3. The molecule has 27 heavy (non-hydrogen) atoms. The van der Waals surface area contributed by atoms with E-state index in [4.69, 9.17) is 10.2 Å². The minimum absolute atomic E-state index is 0.0683. The Hall–Kier alpha value is -3.19. The molecule has 0 saturated heterocycles. The van der Waals surface area contributed by atoms with Crippen LogP contribution in [0.1, 0.15) is 39.6 Å². The van der Waals surface area contributed by atoms with Crippen molar-refractivity contribution in [1.29, 1.82) is 0 Å². The first kappa shape index (κ1) is 21.9. The third-order valence-electron chi connectivity index (χ3n) is 3.82. The average molecular weight is 373 g/mol. The molecule has 0 radical (unpaired) electrons. The Balaban J connectivity index is 3.09. The summed E-state index contributed by atoms with van der Waals surface area (Å²) in [6.07, 6.45) is 7.09. The monoisotopic (exact) mass is 373 g/mol. The lowest BCUT2D eigenvalue weighted by molar-refractivity contribution is -0.137. The summed E-state index contributed by atoms with van der Waals surface area (Å²) < 4.78 is 0. The van der Waals surface area contributed by atoms with Crippen molar-refractivity contribution in [2.24, 2.45) is 0 Å². The number of allylic oxidation sites excluding steroid dienone is 3. The normalized spacial score (nSPS) is 11.7. The van der Waals surface area contributed by atoms with E-state index in [2.05, 4.69) is 6.58 Å². The summed E-state index contributed by atoms with van der Waals surface area (Å²) in [6, 6.07) is 4.11. The summed E-state index contributed by atoms with van der Waals surface area (Å²) in [6.45, 7) is 6.48. The second-order valence-corrected chi connectivity index (χ2v) is 5.80. The minimum Gasteiger partial charge on any atom is -0.481 e. The fourth-order valence-electron chi connectivity index (χ4n) is 2.47. The molecule has 0 bridgehead atoms. The predicted molar refractivity (Wildman–Crippen MR) is 101 cm³/mol. The summed E-state index contributed by atoms with van der Waals surface area (Å²) >= 11 is 0. The quantitative estimate of drug-likeness (QED) is 0.511. The highest BCUT2D eigenvalue weighted by Gasteiger charge is 2.17. The fraction of sp³-hybridized carbons (Fsp3) is 0.250. The Morgan fingerprint density at radius 1 is 1.11 bits per heavy atom. The second-order valence-electron chi connectivity index (χ2n) is 5.80. The number of hydrogen-bond donors (Lipinski definition) is 3. The van der Waals surface area contributed by atoms with Crippen LogP contribution in [0.3, 0.4) is 0 Å². The summed E-state index contributed by atoms with van der Waals surface area (Å²) in [5.41, 5.74) is 0.953. The number of carbonyl (C=O) groups is 3. The molecule has 0 aromatic heterocycles. The SMILES string of the molecule is C=C/C=C\C(=C/C)CN(CCC(=O)O)Cc1ccc(C(=O)O)c(C(=O)O)c1. The zero-order chi connectivity index (χ0) is 20.4. The van der Waals surface area contributed by atoms with Crippen LogP contribution in [0.2, 0.25) is 0 Å². The van der Waals surface area contributed by atoms with Crippen LogP contribution in [0, 0.1) is 0 Å². The lowest BCUT2D eigenvalue weighted by Gasteiger charge is -2.22. The molecule has 0 aliphatic rings. The topological polar surface area (TPSA) is 115 Å². The number of benzene rings is 1. The third kappa shape index (κ3) is 7.29. The summed E-state index contributed by atoms with van der Waals surface area (Å²) in [5.74, 6) is -3.57. The van der Waals surface area contributed by atoms with E-state index in [1.165, 1.54) is 12.1 Å². The van der Waals surface area contributed by atoms with Gasteiger partial charge in [-0.25, -0.2) is 9.59 Å². The standard InChI is InChI=1S/C20H23NO6/c1-3-5-6-14(4-2)12-21(10-9-18(22)23)13-15-7-8-16(19(24)25)17(11-15)20(26)27/h3-8,11H,1,9-10,12-13H2,2H3,(H,22,23)(H,24,25)(H,26,27)/b6-5-,14-4+. The summed E-state index contributed by atoms with van der Waals surface area (Å²) in [5, 5.41) is 27.3. The molecule has 0 aliphatic carbocycles. The van der Waals surface area contributed by atoms with E-state index < -0.39 is 17.9 Å². The molecule has 1 aromatic rings. The Morgan fingerprint density at radius 2 is 1.78 bits per heavy atom. The molecule has 0 fully saturated rings. The molecule has 144 valence electrons. The van der Waals surface area contributed by atoms with E-state index >= 15 is 0 Å². The Morgan fingerprint density at radius 3 is 2.30 bits per heavy atom. The van der Waals surface area contributed by atoms with Crippen molar-refractivity contribution in [3.8, 4) is 0 Å². The maximum absolute atomic E-state index is 11.3. The first-order valence-electron chi connectivity index (χ1n) is 8.26. The van der Waals surface area contributed by atoms with Crippen LogP contribution in [0.5, 0.6) is 0 Å². The summed E-state index contributed by atoms with van der Waals surface area (Å²) in [4.78, 5) is 35.3. The second kappa shape index (κ2) is 10.7. The first-order valence-corrected chi connectivity index (χ1v) is 8.26. The molecule has 0 spiro atoms. The predicted octanol–water partition coefficient (Wildman–Crippen LogP) is 3.05. The molecule has 0 heterocycles. The first-order chi connectivity index (χ1) is 12.8. The van der Waals surface area contributed by atoms with Crippen LogP contribution in [-0.2, 0) is 11.3 Å². The highest BCUT2D eigenvalue weighted by molar-refractivity contribution is 6.01. The van der Waals surface area contributed by atoms with E-state index in [1.807, 2.05) is 24.0 Å². The van der Waals surface area contributed by atoms with Crippen molar-refractivity contribution in [3.05, 3.63) is 71.3 Å². The molecular formula is C20H23NO6. The van der Waals surface area contributed by atoms with Crippen molar-refractivity contribution in [2.75, 3.05) is 13.1 Å². The zero-order valence-corrected chi connectivity index (χ0v) is 15.1. The van der Waals surface area contributed by atoms with Gasteiger partial charge in [0, 0.05) is 19.6 Å². The zero-order valence-electron chi connectivity index (χ0n) is 15.1. The van der Waals surface area contributed by atoms with Gasteiger partial charge in [0.05, 0.1) is 17.5 Å². The van der Waals surface area contributed by atoms with E-state index in [1.54, 1.807) is 18.2 Å². The molecule has 3 N–H and O–H groups in total. The van der Waals surface area contributed by atoms with E-state index in [9.17, 15) is 19.5 Å². The average Bonchev–Trinajstić information content (AvgIpc) is 2.62. The van der Waals surface area contributed by atoms with E-state index in [0.717, 1.165) is 5.57 Å². The molecular weight excluding hydrogens is 350 g/mol. The smallest absolute Gasteiger partial charge is 0.336 e. The maximum Gasteiger partial charge on any atom is 0.336 e. The minimum atomic E-state index is -1.32. The fourth-order valence-corrected chi connectivity index (χ4v) is 2.47. The van der Waals surface area contributed by atoms with Crippen LogP contribution in [0.15, 0.2) is 54.7 Å². The number of rotatable bonds is 11. The van der Waals surface area contributed by atoms with E-state index in [-0.39, 0.29) is 30.6 Å². The van der Waals surface area contributed by atoms with Gasteiger partial charge in [0.25, 0.3) is 0 Å². The number of carboxylic acid groups (broad SMARTS) is 3. The molecule has 0 unspecified atom stereocenters. The molecule has 7 nitrogen and oxygen atoms in total.